The number of carbonyl (C=O) groups is 2. The average Bonchev–Trinajstić information content (AvgIpc) is 3.18. The Balaban J connectivity index is 1.59. The highest BCUT2D eigenvalue weighted by atomic mass is 32.1. The fourth-order valence-electron chi connectivity index (χ4n) is 2.73. The van der Waals surface area contributed by atoms with Gasteiger partial charge in [-0.05, 0) is 11.6 Å². The highest BCUT2D eigenvalue weighted by Gasteiger charge is 2.35. The van der Waals surface area contributed by atoms with Crippen molar-refractivity contribution in [1.82, 2.24) is 19.8 Å². The zero-order valence-corrected chi connectivity index (χ0v) is 13.7. The molecule has 1 aliphatic heterocycles. The van der Waals surface area contributed by atoms with Crippen LogP contribution < -0.4 is 0 Å². The molecule has 1 aliphatic rings. The third-order valence-corrected chi connectivity index (χ3v) is 4.66. The molecule has 23 heavy (non-hydrogen) atoms. The van der Waals surface area contributed by atoms with Crippen LogP contribution in [0.1, 0.15) is 17.0 Å². The molecule has 0 aromatic carbocycles. The average molecular weight is 330 g/mol. The lowest BCUT2D eigenvalue weighted by Gasteiger charge is -2.20. The van der Waals surface area contributed by atoms with E-state index in [1.165, 1.54) is 11.3 Å². The smallest absolute Gasteiger partial charge is 0.228 e. The van der Waals surface area contributed by atoms with E-state index in [1.807, 2.05) is 17.5 Å². The van der Waals surface area contributed by atoms with Crippen molar-refractivity contribution in [1.29, 1.82) is 0 Å². The monoisotopic (exact) mass is 330 g/mol. The molecule has 2 amide bonds. The van der Waals surface area contributed by atoms with E-state index in [0.717, 1.165) is 10.6 Å². The molecule has 1 fully saturated rings. The highest BCUT2D eigenvalue weighted by molar-refractivity contribution is 7.09. The van der Waals surface area contributed by atoms with Gasteiger partial charge in [0.2, 0.25) is 11.8 Å². The number of pyridine rings is 1. The van der Waals surface area contributed by atoms with Gasteiger partial charge in [0.25, 0.3) is 0 Å². The third kappa shape index (κ3) is 3.73. The lowest BCUT2D eigenvalue weighted by molar-refractivity contribution is -0.135. The second kappa shape index (κ2) is 6.87. The first-order chi connectivity index (χ1) is 11.1. The minimum Gasteiger partial charge on any atom is -0.339 e. The molecule has 6 nitrogen and oxygen atoms in total. The molecule has 0 spiro atoms. The first kappa shape index (κ1) is 15.6. The predicted octanol–water partition coefficient (Wildman–Crippen LogP) is 1.55. The summed E-state index contributed by atoms with van der Waals surface area (Å²) in [5, 5.41) is 2.79. The van der Waals surface area contributed by atoms with E-state index in [1.54, 1.807) is 35.4 Å². The molecule has 0 radical (unpaired) electrons. The maximum Gasteiger partial charge on any atom is 0.228 e. The summed E-state index contributed by atoms with van der Waals surface area (Å²) in [5.74, 6) is -0.249. The van der Waals surface area contributed by atoms with Gasteiger partial charge in [0.1, 0.15) is 5.01 Å². The van der Waals surface area contributed by atoms with Crippen LogP contribution in [-0.2, 0) is 22.7 Å². The molecule has 1 atom stereocenters. The van der Waals surface area contributed by atoms with E-state index < -0.39 is 0 Å². The van der Waals surface area contributed by atoms with Crippen molar-refractivity contribution in [2.24, 2.45) is 5.92 Å². The van der Waals surface area contributed by atoms with Crippen LogP contribution in [0.5, 0.6) is 0 Å². The summed E-state index contributed by atoms with van der Waals surface area (Å²) >= 11 is 1.52. The minimum absolute atomic E-state index is 0.00207. The molecule has 7 heteroatoms. The van der Waals surface area contributed by atoms with Crippen LogP contribution >= 0.6 is 11.3 Å². The van der Waals surface area contributed by atoms with Gasteiger partial charge in [-0.3, -0.25) is 14.6 Å². The summed E-state index contributed by atoms with van der Waals surface area (Å²) < 4.78 is 0. The topological polar surface area (TPSA) is 66.4 Å². The molecule has 3 heterocycles. The fourth-order valence-corrected chi connectivity index (χ4v) is 3.39. The number of amides is 2. The largest absolute Gasteiger partial charge is 0.339 e. The van der Waals surface area contributed by atoms with Gasteiger partial charge in [0.05, 0.1) is 12.5 Å². The Labute approximate surface area is 138 Å². The van der Waals surface area contributed by atoms with E-state index in [0.29, 0.717) is 19.6 Å². The summed E-state index contributed by atoms with van der Waals surface area (Å²) in [6.45, 7) is 1.46. The van der Waals surface area contributed by atoms with Gasteiger partial charge in [0, 0.05) is 50.5 Å². The van der Waals surface area contributed by atoms with E-state index in [4.69, 9.17) is 0 Å². The Bertz CT molecular complexity index is 675. The molecule has 0 N–H and O–H groups in total. The minimum atomic E-state index is -0.274. The van der Waals surface area contributed by atoms with Crippen LogP contribution in [0.2, 0.25) is 0 Å². The highest BCUT2D eigenvalue weighted by Crippen LogP contribution is 2.22. The predicted molar refractivity (Wildman–Crippen MR) is 86.3 cm³/mol. The number of likely N-dealkylation sites (tertiary alicyclic amines) is 1. The SMILES string of the molecule is CN(Cc1nccs1)C(=O)[C@H]1CC(=O)N(Cc2cccnc2)C1. The van der Waals surface area contributed by atoms with Crippen LogP contribution in [0.15, 0.2) is 36.1 Å². The van der Waals surface area contributed by atoms with Gasteiger partial charge >= 0.3 is 0 Å². The lowest BCUT2D eigenvalue weighted by Crippen LogP contribution is -2.34. The zero-order valence-electron chi connectivity index (χ0n) is 12.9. The quantitative estimate of drug-likeness (QED) is 0.834. The lowest BCUT2D eigenvalue weighted by atomic mass is 10.1. The molecular weight excluding hydrogens is 312 g/mol. The van der Waals surface area contributed by atoms with Crippen molar-refractivity contribution >= 4 is 23.2 Å². The molecule has 120 valence electrons. The first-order valence-corrected chi connectivity index (χ1v) is 8.31. The summed E-state index contributed by atoms with van der Waals surface area (Å²) in [5.41, 5.74) is 0.977. The molecular formula is C16H18N4O2S. The number of rotatable bonds is 5. The summed E-state index contributed by atoms with van der Waals surface area (Å²) in [6.07, 6.45) is 5.46. The second-order valence-corrected chi connectivity index (χ2v) is 6.64. The Hall–Kier alpha value is -2.28. The summed E-state index contributed by atoms with van der Waals surface area (Å²) in [4.78, 5) is 36.3. The summed E-state index contributed by atoms with van der Waals surface area (Å²) in [7, 11) is 1.76. The number of aromatic nitrogens is 2. The molecule has 0 aliphatic carbocycles. The van der Waals surface area contributed by atoms with E-state index >= 15 is 0 Å². The van der Waals surface area contributed by atoms with Crippen molar-refractivity contribution in [3.05, 3.63) is 46.7 Å². The number of hydrogen-bond donors (Lipinski definition) is 0. The molecule has 3 rings (SSSR count). The van der Waals surface area contributed by atoms with E-state index in [2.05, 4.69) is 9.97 Å². The van der Waals surface area contributed by atoms with Crippen LogP contribution in [0.25, 0.3) is 0 Å². The molecule has 2 aromatic heterocycles. The summed E-state index contributed by atoms with van der Waals surface area (Å²) in [6, 6.07) is 3.78. The van der Waals surface area contributed by atoms with E-state index in [9.17, 15) is 9.59 Å². The molecule has 0 saturated carbocycles. The Kier molecular flexibility index (Phi) is 4.66. The molecule has 0 unspecified atom stereocenters. The van der Waals surface area contributed by atoms with Crippen molar-refractivity contribution < 1.29 is 9.59 Å². The zero-order chi connectivity index (χ0) is 16.2. The van der Waals surface area contributed by atoms with Gasteiger partial charge in [-0.2, -0.15) is 0 Å². The Morgan fingerprint density at radius 2 is 2.35 bits per heavy atom. The third-order valence-electron chi connectivity index (χ3n) is 3.89. The number of hydrogen-bond acceptors (Lipinski definition) is 5. The van der Waals surface area contributed by atoms with Gasteiger partial charge in [-0.15, -0.1) is 11.3 Å². The van der Waals surface area contributed by atoms with Crippen molar-refractivity contribution in [2.75, 3.05) is 13.6 Å². The van der Waals surface area contributed by atoms with Gasteiger partial charge in [0.15, 0.2) is 0 Å². The number of carbonyl (C=O) groups excluding carboxylic acids is 2. The standard InChI is InChI=1S/C16H18N4O2S/c1-19(11-14-18-5-6-23-14)16(22)13-7-15(21)20(10-13)9-12-3-2-4-17-8-12/h2-6,8,13H,7,9-11H2,1H3/t13-/m0/s1. The van der Waals surface area contributed by atoms with Gasteiger partial charge in [-0.1, -0.05) is 6.07 Å². The Morgan fingerprint density at radius 1 is 1.48 bits per heavy atom. The number of thiazole rings is 1. The van der Waals surface area contributed by atoms with Crippen molar-refractivity contribution in [2.45, 2.75) is 19.5 Å². The van der Waals surface area contributed by atoms with Crippen LogP contribution in [-0.4, -0.2) is 45.2 Å². The fraction of sp³-hybridized carbons (Fsp3) is 0.375. The Morgan fingerprint density at radius 3 is 3.04 bits per heavy atom. The van der Waals surface area contributed by atoms with Crippen LogP contribution in [0.4, 0.5) is 0 Å². The van der Waals surface area contributed by atoms with Crippen LogP contribution in [0, 0.1) is 5.92 Å². The molecule has 2 aromatic rings. The molecule has 1 saturated heterocycles. The first-order valence-electron chi connectivity index (χ1n) is 7.43. The van der Waals surface area contributed by atoms with Gasteiger partial charge in [-0.25, -0.2) is 4.98 Å². The van der Waals surface area contributed by atoms with Gasteiger partial charge < -0.3 is 9.80 Å². The maximum absolute atomic E-state index is 12.5. The number of nitrogens with zero attached hydrogens (tertiary/aromatic N) is 4. The molecule has 0 bridgehead atoms. The van der Waals surface area contributed by atoms with Crippen LogP contribution in [0.3, 0.4) is 0 Å². The maximum atomic E-state index is 12.5. The second-order valence-electron chi connectivity index (χ2n) is 5.66. The van der Waals surface area contributed by atoms with Crippen molar-refractivity contribution in [3.63, 3.8) is 0 Å². The normalized spacial score (nSPS) is 17.5. The van der Waals surface area contributed by atoms with E-state index in [-0.39, 0.29) is 24.2 Å². The van der Waals surface area contributed by atoms with Crippen molar-refractivity contribution in [3.8, 4) is 0 Å².